The predicted molar refractivity (Wildman–Crippen MR) is 96.6 cm³/mol. The number of nitrogens with one attached hydrogen (secondary N) is 1. The Morgan fingerprint density at radius 3 is 2.62 bits per heavy atom. The second-order valence-electron chi connectivity index (χ2n) is 7.23. The molecule has 1 atom stereocenters. The minimum absolute atomic E-state index is 0.318. The second-order valence-corrected chi connectivity index (χ2v) is 7.23. The van der Waals surface area contributed by atoms with Gasteiger partial charge in [0.05, 0.1) is 6.04 Å². The van der Waals surface area contributed by atoms with E-state index in [9.17, 15) is 0 Å². The Balaban J connectivity index is 1.71. The molecular weight excluding hydrogens is 298 g/mol. The maximum Gasteiger partial charge on any atom is 0.167 e. The molecule has 0 saturated carbocycles. The summed E-state index contributed by atoms with van der Waals surface area (Å²) in [6.45, 7) is 11.9. The van der Waals surface area contributed by atoms with E-state index < -0.39 is 0 Å². The van der Waals surface area contributed by atoms with Crippen molar-refractivity contribution >= 4 is 0 Å². The number of benzene rings is 1. The molecule has 1 fully saturated rings. The van der Waals surface area contributed by atoms with Crippen LogP contribution in [0.3, 0.4) is 0 Å². The minimum atomic E-state index is 0.318. The Kier molecular flexibility index (Phi) is 5.63. The van der Waals surface area contributed by atoms with E-state index in [1.807, 2.05) is 6.92 Å². The van der Waals surface area contributed by atoms with E-state index >= 15 is 0 Å². The van der Waals surface area contributed by atoms with E-state index in [2.05, 4.69) is 69.2 Å². The van der Waals surface area contributed by atoms with Gasteiger partial charge in [0.15, 0.2) is 5.82 Å². The minimum Gasteiger partial charge on any atom is -0.298 e. The smallest absolute Gasteiger partial charge is 0.167 e. The molecule has 0 amide bonds. The van der Waals surface area contributed by atoms with Crippen molar-refractivity contribution in [3.63, 3.8) is 0 Å². The van der Waals surface area contributed by atoms with Crippen LogP contribution in [0.15, 0.2) is 30.3 Å². The largest absolute Gasteiger partial charge is 0.298 e. The Morgan fingerprint density at radius 2 is 1.96 bits per heavy atom. The first-order valence-corrected chi connectivity index (χ1v) is 9.01. The molecule has 0 aliphatic carbocycles. The number of nitrogens with zero attached hydrogens (tertiary/aromatic N) is 4. The molecular formula is C19H29N5. The van der Waals surface area contributed by atoms with Gasteiger partial charge in [-0.25, -0.2) is 4.98 Å². The van der Waals surface area contributed by atoms with Crippen LogP contribution in [0, 0.1) is 12.8 Å². The van der Waals surface area contributed by atoms with E-state index in [0.29, 0.717) is 12.0 Å². The van der Waals surface area contributed by atoms with Crippen molar-refractivity contribution in [2.24, 2.45) is 5.92 Å². The summed E-state index contributed by atoms with van der Waals surface area (Å²) in [6, 6.07) is 11.1. The third-order valence-corrected chi connectivity index (χ3v) is 4.62. The van der Waals surface area contributed by atoms with E-state index in [1.165, 1.54) is 5.56 Å². The molecule has 1 aromatic carbocycles. The van der Waals surface area contributed by atoms with Gasteiger partial charge in [0.2, 0.25) is 0 Å². The molecule has 2 aromatic rings. The van der Waals surface area contributed by atoms with Crippen LogP contribution in [0.25, 0.3) is 0 Å². The molecule has 1 unspecified atom stereocenters. The van der Waals surface area contributed by atoms with Crippen molar-refractivity contribution in [3.8, 4) is 0 Å². The van der Waals surface area contributed by atoms with Crippen molar-refractivity contribution in [1.82, 2.24) is 25.0 Å². The monoisotopic (exact) mass is 327 g/mol. The molecule has 0 bridgehead atoms. The maximum atomic E-state index is 4.62. The van der Waals surface area contributed by atoms with Gasteiger partial charge in [-0.3, -0.25) is 14.9 Å². The molecule has 3 rings (SSSR count). The molecule has 1 aromatic heterocycles. The number of aromatic amines is 1. The highest BCUT2D eigenvalue weighted by atomic mass is 15.3. The molecule has 130 valence electrons. The number of hydrogen-bond donors (Lipinski definition) is 1. The molecule has 5 nitrogen and oxygen atoms in total. The Morgan fingerprint density at radius 1 is 1.17 bits per heavy atom. The Bertz CT molecular complexity index is 622. The van der Waals surface area contributed by atoms with Crippen molar-refractivity contribution in [1.29, 1.82) is 0 Å². The van der Waals surface area contributed by atoms with Gasteiger partial charge in [0.25, 0.3) is 0 Å². The second kappa shape index (κ2) is 7.90. The van der Waals surface area contributed by atoms with Crippen molar-refractivity contribution in [2.45, 2.75) is 39.8 Å². The van der Waals surface area contributed by atoms with Crippen molar-refractivity contribution in [2.75, 3.05) is 26.2 Å². The van der Waals surface area contributed by atoms with Crippen LogP contribution >= 0.6 is 0 Å². The zero-order chi connectivity index (χ0) is 16.9. The summed E-state index contributed by atoms with van der Waals surface area (Å²) < 4.78 is 0. The lowest BCUT2D eigenvalue weighted by atomic mass is 10.1. The topological polar surface area (TPSA) is 48.1 Å². The van der Waals surface area contributed by atoms with Crippen molar-refractivity contribution < 1.29 is 0 Å². The molecule has 2 heterocycles. The van der Waals surface area contributed by atoms with E-state index in [-0.39, 0.29) is 0 Å². The number of rotatable bonds is 5. The summed E-state index contributed by atoms with van der Waals surface area (Å²) in [5, 5.41) is 7.46. The summed E-state index contributed by atoms with van der Waals surface area (Å²) in [4.78, 5) is 9.74. The normalized spacial score (nSPS) is 20.4. The summed E-state index contributed by atoms with van der Waals surface area (Å²) >= 11 is 0. The van der Waals surface area contributed by atoms with Crippen LogP contribution in [0.4, 0.5) is 0 Å². The van der Waals surface area contributed by atoms with Gasteiger partial charge in [-0.1, -0.05) is 44.2 Å². The zero-order valence-electron chi connectivity index (χ0n) is 15.1. The number of H-pyrrole nitrogens is 1. The van der Waals surface area contributed by atoms with Crippen LogP contribution in [0.1, 0.15) is 43.5 Å². The molecule has 0 radical (unpaired) electrons. The van der Waals surface area contributed by atoms with Crippen LogP contribution in [-0.2, 0) is 6.54 Å². The maximum absolute atomic E-state index is 4.62. The number of aryl methyl sites for hydroxylation is 1. The first-order valence-electron chi connectivity index (χ1n) is 9.01. The Labute approximate surface area is 145 Å². The lowest BCUT2D eigenvalue weighted by Crippen LogP contribution is -2.35. The van der Waals surface area contributed by atoms with E-state index in [4.69, 9.17) is 0 Å². The standard InChI is InChI=1S/C19H29N5/c1-15(2)13-24-12-11-23(14-17-7-5-4-6-8-17)10-9-18(24)19-20-16(3)21-22-19/h4-8,15,18H,9-14H2,1-3H3,(H,20,21,22). The average molecular weight is 327 g/mol. The Hall–Kier alpha value is -1.72. The SMILES string of the molecule is Cc1nc(C2CCN(Cc3ccccc3)CCN2CC(C)C)n[nH]1. The summed E-state index contributed by atoms with van der Waals surface area (Å²) in [5.41, 5.74) is 1.39. The van der Waals surface area contributed by atoms with E-state index in [1.54, 1.807) is 0 Å². The van der Waals surface area contributed by atoms with Crippen LogP contribution < -0.4 is 0 Å². The average Bonchev–Trinajstić information content (AvgIpc) is 2.89. The van der Waals surface area contributed by atoms with Gasteiger partial charge in [0.1, 0.15) is 5.82 Å². The third kappa shape index (κ3) is 4.42. The van der Waals surface area contributed by atoms with Gasteiger partial charge >= 0.3 is 0 Å². The lowest BCUT2D eigenvalue weighted by molar-refractivity contribution is 0.175. The summed E-state index contributed by atoms with van der Waals surface area (Å²) in [5.74, 6) is 2.50. The molecule has 1 saturated heterocycles. The van der Waals surface area contributed by atoms with Crippen LogP contribution in [0.2, 0.25) is 0 Å². The molecule has 0 spiro atoms. The highest BCUT2D eigenvalue weighted by molar-refractivity contribution is 5.14. The van der Waals surface area contributed by atoms with E-state index in [0.717, 1.165) is 50.8 Å². The lowest BCUT2D eigenvalue weighted by Gasteiger charge is -2.29. The summed E-state index contributed by atoms with van der Waals surface area (Å²) in [7, 11) is 0. The van der Waals surface area contributed by atoms with Crippen LogP contribution in [0.5, 0.6) is 0 Å². The molecule has 24 heavy (non-hydrogen) atoms. The first-order chi connectivity index (χ1) is 11.6. The summed E-state index contributed by atoms with van der Waals surface area (Å²) in [6.07, 6.45) is 1.08. The zero-order valence-corrected chi connectivity index (χ0v) is 15.1. The molecule has 1 aliphatic heterocycles. The quantitative estimate of drug-likeness (QED) is 0.917. The van der Waals surface area contributed by atoms with Gasteiger partial charge in [-0.2, -0.15) is 5.10 Å². The highest BCUT2D eigenvalue weighted by Crippen LogP contribution is 2.26. The third-order valence-electron chi connectivity index (χ3n) is 4.62. The molecule has 5 heteroatoms. The fourth-order valence-electron chi connectivity index (χ4n) is 3.51. The highest BCUT2D eigenvalue weighted by Gasteiger charge is 2.28. The van der Waals surface area contributed by atoms with Crippen molar-refractivity contribution in [3.05, 3.63) is 47.5 Å². The number of aromatic nitrogens is 3. The van der Waals surface area contributed by atoms with Gasteiger partial charge in [-0.05, 0) is 24.8 Å². The first kappa shape index (κ1) is 17.1. The van der Waals surface area contributed by atoms with Gasteiger partial charge in [-0.15, -0.1) is 0 Å². The fourth-order valence-corrected chi connectivity index (χ4v) is 3.51. The van der Waals surface area contributed by atoms with Gasteiger partial charge < -0.3 is 0 Å². The predicted octanol–water partition coefficient (Wildman–Crippen LogP) is 3.02. The van der Waals surface area contributed by atoms with Gasteiger partial charge in [0, 0.05) is 32.7 Å². The number of hydrogen-bond acceptors (Lipinski definition) is 4. The molecule has 1 N–H and O–H groups in total. The van der Waals surface area contributed by atoms with Crippen LogP contribution in [-0.4, -0.2) is 51.2 Å². The molecule has 1 aliphatic rings. The fraction of sp³-hybridized carbons (Fsp3) is 0.579.